The van der Waals surface area contributed by atoms with Gasteiger partial charge in [0.25, 0.3) is 0 Å². The maximum atomic E-state index is 12.3. The number of nitrogens with zero attached hydrogens (tertiary/aromatic N) is 1. The SMILES string of the molecule is COC(=O)C(Oc1cc(OCc2ccsc2)ccc1C#N)c1ccccc1Cl. The Balaban J connectivity index is 1.89. The molecule has 0 amide bonds. The fourth-order valence-corrected chi connectivity index (χ4v) is 3.37. The molecule has 28 heavy (non-hydrogen) atoms. The largest absolute Gasteiger partial charge is 0.489 e. The van der Waals surface area contributed by atoms with Gasteiger partial charge in [-0.1, -0.05) is 29.8 Å². The molecule has 0 aliphatic rings. The van der Waals surface area contributed by atoms with Crippen LogP contribution in [0.15, 0.2) is 59.3 Å². The Morgan fingerprint density at radius 1 is 1.25 bits per heavy atom. The molecular formula is C21H16ClNO4S. The van der Waals surface area contributed by atoms with Gasteiger partial charge in [-0.3, -0.25) is 0 Å². The monoisotopic (exact) mass is 413 g/mol. The number of hydrogen-bond donors (Lipinski definition) is 0. The van der Waals surface area contributed by atoms with Gasteiger partial charge < -0.3 is 14.2 Å². The molecule has 0 radical (unpaired) electrons. The van der Waals surface area contributed by atoms with Crippen molar-refractivity contribution in [2.45, 2.75) is 12.7 Å². The first kappa shape index (κ1) is 19.7. The summed E-state index contributed by atoms with van der Waals surface area (Å²) in [6.07, 6.45) is -1.11. The Hall–Kier alpha value is -3.01. The van der Waals surface area contributed by atoms with Crippen LogP contribution in [0.4, 0.5) is 0 Å². The lowest BCUT2D eigenvalue weighted by Gasteiger charge is -2.19. The number of nitriles is 1. The van der Waals surface area contributed by atoms with Crippen molar-refractivity contribution in [2.75, 3.05) is 7.11 Å². The average molecular weight is 414 g/mol. The van der Waals surface area contributed by atoms with Crippen molar-refractivity contribution in [3.8, 4) is 17.6 Å². The first-order valence-corrected chi connectivity index (χ1v) is 9.61. The zero-order valence-electron chi connectivity index (χ0n) is 14.9. The molecule has 0 fully saturated rings. The van der Waals surface area contributed by atoms with Gasteiger partial charge in [-0.15, -0.1) is 0 Å². The molecule has 1 aromatic heterocycles. The quantitative estimate of drug-likeness (QED) is 0.501. The predicted octanol–water partition coefficient (Wildman–Crippen LogP) is 5.15. The highest BCUT2D eigenvalue weighted by atomic mass is 35.5. The minimum Gasteiger partial charge on any atom is -0.489 e. The number of benzene rings is 2. The van der Waals surface area contributed by atoms with Crippen molar-refractivity contribution >= 4 is 28.9 Å². The van der Waals surface area contributed by atoms with Gasteiger partial charge in [0, 0.05) is 16.7 Å². The van der Waals surface area contributed by atoms with Crippen LogP contribution in [0.5, 0.6) is 11.5 Å². The third-order valence-corrected chi connectivity index (χ3v) is 4.98. The summed E-state index contributed by atoms with van der Waals surface area (Å²) in [5, 5.41) is 13.7. The van der Waals surface area contributed by atoms with Gasteiger partial charge in [-0.2, -0.15) is 16.6 Å². The van der Waals surface area contributed by atoms with Crippen molar-refractivity contribution in [2.24, 2.45) is 0 Å². The molecule has 0 spiro atoms. The zero-order chi connectivity index (χ0) is 19.9. The van der Waals surface area contributed by atoms with E-state index in [2.05, 4.69) is 6.07 Å². The Morgan fingerprint density at radius 3 is 2.75 bits per heavy atom. The summed E-state index contributed by atoms with van der Waals surface area (Å²) in [5.41, 5.74) is 1.76. The van der Waals surface area contributed by atoms with E-state index >= 15 is 0 Å². The molecule has 7 heteroatoms. The Bertz CT molecular complexity index is 998. The summed E-state index contributed by atoms with van der Waals surface area (Å²) in [5.74, 6) is 0.102. The van der Waals surface area contributed by atoms with Crippen LogP contribution in [0, 0.1) is 11.3 Å². The van der Waals surface area contributed by atoms with E-state index in [0.29, 0.717) is 22.9 Å². The highest BCUT2D eigenvalue weighted by Gasteiger charge is 2.27. The second-order valence-electron chi connectivity index (χ2n) is 5.73. The Morgan fingerprint density at radius 2 is 2.07 bits per heavy atom. The molecule has 0 bridgehead atoms. The van der Waals surface area contributed by atoms with Crippen LogP contribution in [0.25, 0.3) is 0 Å². The lowest BCUT2D eigenvalue weighted by atomic mass is 10.1. The standard InChI is InChI=1S/C21H16ClNO4S/c1-25-21(24)20(17-4-2-3-5-18(17)22)27-19-10-16(7-6-15(19)11-23)26-12-14-8-9-28-13-14/h2-10,13,20H,12H2,1H3. The number of methoxy groups -OCH3 is 1. The van der Waals surface area contributed by atoms with Crippen molar-refractivity contribution in [1.29, 1.82) is 5.26 Å². The van der Waals surface area contributed by atoms with Crippen LogP contribution in [-0.4, -0.2) is 13.1 Å². The molecular weight excluding hydrogens is 398 g/mol. The van der Waals surface area contributed by atoms with Gasteiger partial charge in [0.1, 0.15) is 24.2 Å². The third kappa shape index (κ3) is 4.63. The molecule has 0 saturated carbocycles. The Kier molecular flexibility index (Phi) is 6.53. The first-order chi connectivity index (χ1) is 13.6. The molecule has 1 unspecified atom stereocenters. The number of rotatable bonds is 7. The average Bonchev–Trinajstić information content (AvgIpc) is 3.24. The van der Waals surface area contributed by atoms with Gasteiger partial charge in [0.05, 0.1) is 12.7 Å². The lowest BCUT2D eigenvalue weighted by molar-refractivity contribution is -0.149. The van der Waals surface area contributed by atoms with Crippen LogP contribution in [-0.2, 0) is 16.1 Å². The highest BCUT2D eigenvalue weighted by molar-refractivity contribution is 7.07. The third-order valence-electron chi connectivity index (χ3n) is 3.91. The van der Waals surface area contributed by atoms with Crippen LogP contribution >= 0.6 is 22.9 Å². The van der Waals surface area contributed by atoms with Crippen molar-refractivity contribution < 1.29 is 19.0 Å². The molecule has 5 nitrogen and oxygen atoms in total. The topological polar surface area (TPSA) is 68.6 Å². The smallest absolute Gasteiger partial charge is 0.351 e. The van der Waals surface area contributed by atoms with Gasteiger partial charge >= 0.3 is 5.97 Å². The number of halogens is 1. The van der Waals surface area contributed by atoms with E-state index in [9.17, 15) is 10.1 Å². The first-order valence-electron chi connectivity index (χ1n) is 8.29. The molecule has 3 aromatic rings. The highest BCUT2D eigenvalue weighted by Crippen LogP contribution is 2.32. The molecule has 1 atom stereocenters. The fraction of sp³-hybridized carbons (Fsp3) is 0.143. The minimum absolute atomic E-state index is 0.209. The molecule has 0 saturated heterocycles. The summed E-state index contributed by atoms with van der Waals surface area (Å²) in [7, 11) is 1.27. The van der Waals surface area contributed by atoms with Crippen molar-refractivity contribution in [3.05, 3.63) is 81.0 Å². The summed E-state index contributed by atoms with van der Waals surface area (Å²) < 4.78 is 16.5. The number of ether oxygens (including phenoxy) is 3. The van der Waals surface area contributed by atoms with Gasteiger partial charge in [0.2, 0.25) is 6.10 Å². The van der Waals surface area contributed by atoms with Gasteiger partial charge in [0.15, 0.2) is 0 Å². The Labute approximate surface area is 171 Å². The van der Waals surface area contributed by atoms with E-state index in [4.69, 9.17) is 25.8 Å². The van der Waals surface area contributed by atoms with E-state index in [1.807, 2.05) is 16.8 Å². The van der Waals surface area contributed by atoms with Crippen molar-refractivity contribution in [1.82, 2.24) is 0 Å². The normalized spacial score (nSPS) is 11.3. The van der Waals surface area contributed by atoms with E-state index in [1.54, 1.807) is 53.8 Å². The molecule has 142 valence electrons. The van der Waals surface area contributed by atoms with E-state index in [1.165, 1.54) is 7.11 Å². The number of hydrogen-bond acceptors (Lipinski definition) is 6. The fourth-order valence-electron chi connectivity index (χ4n) is 2.48. The maximum absolute atomic E-state index is 12.3. The summed E-state index contributed by atoms with van der Waals surface area (Å²) >= 11 is 7.81. The molecule has 1 heterocycles. The van der Waals surface area contributed by atoms with Gasteiger partial charge in [-0.25, -0.2) is 4.79 Å². The number of esters is 1. The van der Waals surface area contributed by atoms with Gasteiger partial charge in [-0.05, 0) is 40.6 Å². The number of carbonyl (C=O) groups excluding carboxylic acids is 1. The van der Waals surface area contributed by atoms with Crippen molar-refractivity contribution in [3.63, 3.8) is 0 Å². The lowest BCUT2D eigenvalue weighted by Crippen LogP contribution is -2.21. The van der Waals surface area contributed by atoms with Crippen LogP contribution in [0.1, 0.15) is 22.8 Å². The van der Waals surface area contributed by atoms with Crippen LogP contribution in [0.3, 0.4) is 0 Å². The molecule has 0 aliphatic carbocycles. The maximum Gasteiger partial charge on any atom is 0.351 e. The molecule has 0 aliphatic heterocycles. The van der Waals surface area contributed by atoms with Crippen LogP contribution in [0.2, 0.25) is 5.02 Å². The molecule has 2 aromatic carbocycles. The zero-order valence-corrected chi connectivity index (χ0v) is 16.5. The molecule has 0 N–H and O–H groups in total. The second-order valence-corrected chi connectivity index (χ2v) is 6.92. The number of carbonyl (C=O) groups is 1. The van der Waals surface area contributed by atoms with Crippen LogP contribution < -0.4 is 9.47 Å². The second kappa shape index (κ2) is 9.27. The van der Waals surface area contributed by atoms with E-state index in [0.717, 1.165) is 5.56 Å². The predicted molar refractivity (Wildman–Crippen MR) is 107 cm³/mol. The summed E-state index contributed by atoms with van der Waals surface area (Å²) in [4.78, 5) is 12.3. The molecule has 3 rings (SSSR count). The summed E-state index contributed by atoms with van der Waals surface area (Å²) in [6.45, 7) is 0.389. The van der Waals surface area contributed by atoms with E-state index in [-0.39, 0.29) is 11.3 Å². The number of thiophene rings is 1. The summed E-state index contributed by atoms with van der Waals surface area (Å²) in [6, 6.07) is 15.7. The van der Waals surface area contributed by atoms with E-state index < -0.39 is 12.1 Å². The minimum atomic E-state index is -1.11.